The van der Waals surface area contributed by atoms with Crippen LogP contribution in [0.25, 0.3) is 0 Å². The van der Waals surface area contributed by atoms with Crippen LogP contribution in [0.4, 0.5) is 0 Å². The molecular formula is C87H154NO8+. The minimum Gasteiger partial charge on any atom is -0.477 e. The molecule has 0 aliphatic rings. The summed E-state index contributed by atoms with van der Waals surface area (Å²) in [7, 11) is 5.98. The van der Waals surface area contributed by atoms with Gasteiger partial charge in [-0.05, 0) is 83.5 Å². The van der Waals surface area contributed by atoms with Crippen LogP contribution in [0.2, 0.25) is 0 Å². The van der Waals surface area contributed by atoms with E-state index in [1.165, 1.54) is 225 Å². The smallest absolute Gasteiger partial charge is 0.361 e. The van der Waals surface area contributed by atoms with E-state index in [9.17, 15) is 19.5 Å². The first-order valence-electron chi connectivity index (χ1n) is 40.6. The van der Waals surface area contributed by atoms with E-state index in [2.05, 4.69) is 123 Å². The maximum Gasteiger partial charge on any atom is 0.361 e. The van der Waals surface area contributed by atoms with Crippen LogP contribution in [0.15, 0.2) is 109 Å². The van der Waals surface area contributed by atoms with Gasteiger partial charge in [-0.3, -0.25) is 9.59 Å². The van der Waals surface area contributed by atoms with Crippen molar-refractivity contribution >= 4 is 17.9 Å². The zero-order valence-electron chi connectivity index (χ0n) is 63.5. The number of rotatable bonds is 75. The number of aliphatic carboxylic acids is 1. The van der Waals surface area contributed by atoms with Crippen molar-refractivity contribution in [3.8, 4) is 0 Å². The summed E-state index contributed by atoms with van der Waals surface area (Å²) in [6.07, 6.45) is 105. The molecule has 0 spiro atoms. The van der Waals surface area contributed by atoms with Crippen molar-refractivity contribution in [3.05, 3.63) is 109 Å². The SMILES string of the molecule is CC/C=C\C/C=C\C/C=C\C/C=C\C/C=C\C/C=C\C/C=C\C/C=C\C/C=C\CCCCCCCC(=O)OC(COC(=O)CCCCCCCCCCCCCCCCCCCCCCCCCCCCCCCCCCCCCCCC)COC(OCC[N+](C)(C)C)C(=O)O. The maximum absolute atomic E-state index is 13.0. The lowest BCUT2D eigenvalue weighted by molar-refractivity contribution is -0.870. The number of hydrogen-bond acceptors (Lipinski definition) is 7. The molecule has 0 aliphatic carbocycles. The number of likely N-dealkylation sites (N-methyl/N-ethyl adjacent to an activating group) is 1. The van der Waals surface area contributed by atoms with Gasteiger partial charge in [-0.2, -0.15) is 0 Å². The van der Waals surface area contributed by atoms with Gasteiger partial charge < -0.3 is 28.5 Å². The van der Waals surface area contributed by atoms with Crippen LogP contribution in [-0.2, 0) is 33.3 Å². The number of carbonyl (C=O) groups is 3. The Bertz CT molecular complexity index is 1950. The molecule has 0 saturated heterocycles. The highest BCUT2D eigenvalue weighted by Gasteiger charge is 2.25. The molecule has 0 aromatic carbocycles. The molecule has 0 saturated carbocycles. The first kappa shape index (κ1) is 92.0. The van der Waals surface area contributed by atoms with E-state index in [0.717, 1.165) is 109 Å². The molecule has 0 aromatic rings. The Labute approximate surface area is 594 Å². The van der Waals surface area contributed by atoms with E-state index in [0.29, 0.717) is 23.9 Å². The Hall–Kier alpha value is -4.05. The summed E-state index contributed by atoms with van der Waals surface area (Å²) >= 11 is 0. The third kappa shape index (κ3) is 77.3. The molecule has 2 unspecified atom stereocenters. The summed E-state index contributed by atoms with van der Waals surface area (Å²) in [5.74, 6) is -2.02. The van der Waals surface area contributed by atoms with Gasteiger partial charge in [-0.25, -0.2) is 4.79 Å². The van der Waals surface area contributed by atoms with Crippen LogP contribution in [0.5, 0.6) is 0 Å². The topological polar surface area (TPSA) is 108 Å². The van der Waals surface area contributed by atoms with E-state index in [1.807, 2.05) is 21.1 Å². The van der Waals surface area contributed by atoms with Gasteiger partial charge >= 0.3 is 17.9 Å². The fraction of sp³-hybridized carbons (Fsp3) is 0.759. The van der Waals surface area contributed by atoms with E-state index in [1.54, 1.807) is 0 Å². The summed E-state index contributed by atoms with van der Waals surface area (Å²) in [6.45, 7) is 4.78. The number of ether oxygens (including phenoxy) is 4. The average Bonchev–Trinajstić information content (AvgIpc) is 2.40. The average molecular weight is 1340 g/mol. The molecule has 1 N–H and O–H groups in total. The van der Waals surface area contributed by atoms with Gasteiger partial charge in [0.2, 0.25) is 0 Å². The predicted molar refractivity (Wildman–Crippen MR) is 415 cm³/mol. The highest BCUT2D eigenvalue weighted by atomic mass is 16.7. The number of unbranched alkanes of at least 4 members (excludes halogenated alkanes) is 42. The van der Waals surface area contributed by atoms with Crippen LogP contribution in [-0.4, -0.2) is 87.4 Å². The molecule has 96 heavy (non-hydrogen) atoms. The summed E-state index contributed by atoms with van der Waals surface area (Å²) in [5, 5.41) is 9.77. The van der Waals surface area contributed by atoms with E-state index in [4.69, 9.17) is 18.9 Å². The number of carboxylic acids is 1. The Morgan fingerprint density at radius 3 is 0.885 bits per heavy atom. The zero-order chi connectivity index (χ0) is 69.7. The van der Waals surface area contributed by atoms with Crippen molar-refractivity contribution in [2.75, 3.05) is 47.5 Å². The molecule has 0 aliphatic heterocycles. The lowest BCUT2D eigenvalue weighted by atomic mass is 10.0. The molecule has 0 rings (SSSR count). The summed E-state index contributed by atoms with van der Waals surface area (Å²) in [4.78, 5) is 37.7. The number of hydrogen-bond donors (Lipinski definition) is 1. The zero-order valence-corrected chi connectivity index (χ0v) is 63.5. The number of quaternary nitrogens is 1. The summed E-state index contributed by atoms with van der Waals surface area (Å²) in [5.41, 5.74) is 0. The lowest BCUT2D eigenvalue weighted by Gasteiger charge is -2.25. The van der Waals surface area contributed by atoms with Crippen molar-refractivity contribution in [2.45, 2.75) is 379 Å². The maximum atomic E-state index is 13.0. The highest BCUT2D eigenvalue weighted by molar-refractivity contribution is 5.71. The number of carboxylic acid groups (broad SMARTS) is 1. The van der Waals surface area contributed by atoms with Gasteiger partial charge in [0.15, 0.2) is 6.10 Å². The fourth-order valence-electron chi connectivity index (χ4n) is 11.7. The van der Waals surface area contributed by atoms with E-state index in [-0.39, 0.29) is 32.2 Å². The van der Waals surface area contributed by atoms with E-state index < -0.39 is 24.3 Å². The fourth-order valence-corrected chi connectivity index (χ4v) is 11.7. The highest BCUT2D eigenvalue weighted by Crippen LogP contribution is 2.19. The Morgan fingerprint density at radius 1 is 0.323 bits per heavy atom. The lowest BCUT2D eigenvalue weighted by Crippen LogP contribution is -2.40. The Kier molecular flexibility index (Phi) is 73.5. The molecule has 0 heterocycles. The number of nitrogens with zero attached hydrogens (tertiary/aromatic N) is 1. The second-order valence-corrected chi connectivity index (χ2v) is 28.4. The Morgan fingerprint density at radius 2 is 0.594 bits per heavy atom. The van der Waals surface area contributed by atoms with Gasteiger partial charge in [0.1, 0.15) is 13.2 Å². The molecule has 0 fully saturated rings. The quantitative estimate of drug-likeness (QED) is 0.0211. The number of esters is 2. The largest absolute Gasteiger partial charge is 0.477 e. The summed E-state index contributed by atoms with van der Waals surface area (Å²) < 4.78 is 23.0. The first-order chi connectivity index (χ1) is 47.1. The standard InChI is InChI=1S/C87H153NO8/c1-6-8-10-12-14-16-18-20-22-24-26-28-30-32-34-36-38-40-41-42-43-44-46-47-49-51-53-55-57-59-61-63-65-67-69-71-73-75-77-84(89)94-81-83(82-95-87(86(91)92)93-80-79-88(3,4)5)96-85(90)78-76-74-72-70-68-66-64-62-60-58-56-54-52-50-48-45-39-37-35-33-31-29-27-25-23-21-19-17-15-13-11-9-7-2/h9,11,15,17,21,23,27,29,33,35,39,45,50,52,56,58,62,64,83,87H,6-8,10,12-14,16,18-20,22,24-26,28,30-32,34,36-38,40-44,46-49,51,53-55,57,59-61,63,65-82H2,1-5H3/p+1/b11-9-,17-15-,23-21-,29-27-,35-33-,45-39-,52-50-,58-56-,64-62-. The second kappa shape index (κ2) is 76.7. The van der Waals surface area contributed by atoms with Gasteiger partial charge in [0.05, 0.1) is 34.4 Å². The number of allylic oxidation sites excluding steroid dienone is 18. The molecule has 0 aromatic heterocycles. The van der Waals surface area contributed by atoms with Crippen molar-refractivity contribution in [3.63, 3.8) is 0 Å². The Balaban J connectivity index is 4.05. The molecular weight excluding hydrogens is 1190 g/mol. The van der Waals surface area contributed by atoms with Crippen LogP contribution in [0, 0.1) is 0 Å². The van der Waals surface area contributed by atoms with Crippen molar-refractivity contribution in [1.29, 1.82) is 0 Å². The van der Waals surface area contributed by atoms with Crippen LogP contribution in [0.3, 0.4) is 0 Å². The van der Waals surface area contributed by atoms with Crippen molar-refractivity contribution in [1.82, 2.24) is 0 Å². The molecule has 9 nitrogen and oxygen atoms in total. The predicted octanol–water partition coefficient (Wildman–Crippen LogP) is 26.1. The monoisotopic (exact) mass is 1340 g/mol. The van der Waals surface area contributed by atoms with Gasteiger partial charge in [-0.15, -0.1) is 0 Å². The molecule has 0 amide bonds. The summed E-state index contributed by atoms with van der Waals surface area (Å²) in [6, 6.07) is 0. The third-order valence-corrected chi connectivity index (χ3v) is 17.8. The molecule has 2 atom stereocenters. The first-order valence-corrected chi connectivity index (χ1v) is 40.6. The van der Waals surface area contributed by atoms with Crippen LogP contribution >= 0.6 is 0 Å². The second-order valence-electron chi connectivity index (χ2n) is 28.4. The van der Waals surface area contributed by atoms with Crippen molar-refractivity contribution in [2.24, 2.45) is 0 Å². The van der Waals surface area contributed by atoms with Crippen LogP contribution in [0.1, 0.15) is 367 Å². The third-order valence-electron chi connectivity index (χ3n) is 17.8. The van der Waals surface area contributed by atoms with Crippen molar-refractivity contribution < 1.29 is 42.9 Å². The van der Waals surface area contributed by atoms with Crippen LogP contribution < -0.4 is 0 Å². The molecule has 0 bridgehead atoms. The van der Waals surface area contributed by atoms with E-state index >= 15 is 0 Å². The van der Waals surface area contributed by atoms with Gasteiger partial charge in [0, 0.05) is 12.8 Å². The molecule has 9 heteroatoms. The molecule has 0 radical (unpaired) electrons. The van der Waals surface area contributed by atoms with Gasteiger partial charge in [-0.1, -0.05) is 380 Å². The minimum atomic E-state index is -1.52. The number of carbonyl (C=O) groups excluding carboxylic acids is 2. The van der Waals surface area contributed by atoms with Gasteiger partial charge in [0.25, 0.3) is 6.29 Å². The molecule has 554 valence electrons. The minimum absolute atomic E-state index is 0.180. The normalized spacial score (nSPS) is 13.2.